The van der Waals surface area contributed by atoms with E-state index in [-0.39, 0.29) is 23.0 Å². The minimum absolute atomic E-state index is 0.0258. The van der Waals surface area contributed by atoms with Gasteiger partial charge in [0.25, 0.3) is 0 Å². The number of carbonyl (C=O) groups excluding carboxylic acids is 3. The Morgan fingerprint density at radius 2 is 1.59 bits per heavy atom. The molecule has 4 aromatic rings. The lowest BCUT2D eigenvalue weighted by molar-refractivity contribution is -0.137. The second-order valence-electron chi connectivity index (χ2n) is 9.15. The Balaban J connectivity index is 1.41. The van der Waals surface area contributed by atoms with E-state index in [1.165, 1.54) is 78.8 Å². The highest BCUT2D eigenvalue weighted by atomic mass is 32.2. The molecular formula is C30H26FN3O8S2. The number of rotatable bonds is 11. The fourth-order valence-corrected chi connectivity index (χ4v) is 5.01. The first-order valence-corrected chi connectivity index (χ1v) is 15.8. The molecule has 0 aliphatic heterocycles. The van der Waals surface area contributed by atoms with Crippen molar-refractivity contribution in [3.8, 4) is 28.6 Å². The van der Waals surface area contributed by atoms with Crippen LogP contribution in [0.2, 0.25) is 0 Å². The maximum Gasteiger partial charge on any atom is 0.330 e. The van der Waals surface area contributed by atoms with Crippen molar-refractivity contribution in [1.29, 1.82) is 0 Å². The summed E-state index contributed by atoms with van der Waals surface area (Å²) in [5, 5.41) is 4.87. The average Bonchev–Trinajstić information content (AvgIpc) is 3.39. The fourth-order valence-electron chi connectivity index (χ4n) is 3.74. The molecule has 4 rings (SSSR count). The Hall–Kier alpha value is -4.82. The molecular weight excluding hydrogens is 613 g/mol. The number of esters is 3. The van der Waals surface area contributed by atoms with Gasteiger partial charge >= 0.3 is 17.9 Å². The van der Waals surface area contributed by atoms with Crippen molar-refractivity contribution in [2.45, 2.75) is 23.9 Å². The highest BCUT2D eigenvalue weighted by Crippen LogP contribution is 2.30. The molecule has 0 saturated heterocycles. The van der Waals surface area contributed by atoms with Crippen molar-refractivity contribution < 1.29 is 41.4 Å². The zero-order valence-electron chi connectivity index (χ0n) is 23.7. The van der Waals surface area contributed by atoms with Crippen LogP contribution in [0.25, 0.3) is 23.2 Å². The summed E-state index contributed by atoms with van der Waals surface area (Å²) in [4.78, 5) is 39.7. The van der Waals surface area contributed by atoms with Crippen molar-refractivity contribution in [3.05, 3.63) is 84.2 Å². The zero-order valence-corrected chi connectivity index (χ0v) is 25.4. The third-order valence-electron chi connectivity index (χ3n) is 5.65. The Morgan fingerprint density at radius 1 is 0.932 bits per heavy atom. The monoisotopic (exact) mass is 639 g/mol. The normalized spacial score (nSPS) is 11.4. The van der Waals surface area contributed by atoms with Gasteiger partial charge in [0.1, 0.15) is 12.4 Å². The number of halogens is 1. The van der Waals surface area contributed by atoms with Crippen LogP contribution in [0.3, 0.4) is 0 Å². The molecule has 0 N–H and O–H groups in total. The molecule has 1 aromatic heterocycles. The SMILES string of the molecule is CC(=O)Oc1ccc(/C=C/C(=O)OCCSc2nc(-c3ccc(S(C)(=O)=O)cc3)n(-c3ccc(F)cc3)n2)cc1OC(C)=O. The second kappa shape index (κ2) is 14.1. The van der Waals surface area contributed by atoms with Crippen LogP contribution in [0.4, 0.5) is 4.39 Å². The van der Waals surface area contributed by atoms with Crippen molar-refractivity contribution in [2.24, 2.45) is 0 Å². The van der Waals surface area contributed by atoms with Gasteiger partial charge in [-0.25, -0.2) is 27.3 Å². The number of hydrogen-bond donors (Lipinski definition) is 0. The number of carbonyl (C=O) groups is 3. The summed E-state index contributed by atoms with van der Waals surface area (Å²) in [6.45, 7) is 2.45. The average molecular weight is 640 g/mol. The van der Waals surface area contributed by atoms with Gasteiger partial charge in [-0.1, -0.05) is 17.8 Å². The molecule has 0 atom stereocenters. The van der Waals surface area contributed by atoms with Gasteiger partial charge in [-0.3, -0.25) is 9.59 Å². The molecule has 0 amide bonds. The van der Waals surface area contributed by atoms with Crippen LogP contribution in [-0.4, -0.2) is 59.7 Å². The maximum atomic E-state index is 13.5. The number of nitrogens with zero attached hydrogens (tertiary/aromatic N) is 3. The van der Waals surface area contributed by atoms with E-state index in [1.807, 2.05) is 0 Å². The number of aromatic nitrogens is 3. The number of sulfone groups is 1. The third-order valence-corrected chi connectivity index (χ3v) is 7.58. The molecule has 3 aromatic carbocycles. The van der Waals surface area contributed by atoms with Crippen molar-refractivity contribution in [3.63, 3.8) is 0 Å². The van der Waals surface area contributed by atoms with E-state index in [0.717, 1.165) is 6.26 Å². The number of thioether (sulfide) groups is 1. The lowest BCUT2D eigenvalue weighted by Crippen LogP contribution is -2.07. The van der Waals surface area contributed by atoms with E-state index < -0.39 is 33.6 Å². The smallest absolute Gasteiger partial charge is 0.330 e. The third kappa shape index (κ3) is 8.84. The van der Waals surface area contributed by atoms with Gasteiger partial charge in [-0.2, -0.15) is 0 Å². The second-order valence-corrected chi connectivity index (χ2v) is 12.2. The van der Waals surface area contributed by atoms with Crippen LogP contribution in [0.1, 0.15) is 19.4 Å². The molecule has 0 aliphatic carbocycles. The molecule has 0 unspecified atom stereocenters. The summed E-state index contributed by atoms with van der Waals surface area (Å²) in [5.74, 6) is -1.42. The van der Waals surface area contributed by atoms with Gasteiger partial charge in [0, 0.05) is 37.5 Å². The maximum absolute atomic E-state index is 13.5. The Kier molecular flexibility index (Phi) is 10.3. The highest BCUT2D eigenvalue weighted by molar-refractivity contribution is 7.99. The van der Waals surface area contributed by atoms with Crippen LogP contribution >= 0.6 is 11.8 Å². The number of hydrogen-bond acceptors (Lipinski definition) is 11. The largest absolute Gasteiger partial charge is 0.462 e. The lowest BCUT2D eigenvalue weighted by atomic mass is 10.2. The topological polar surface area (TPSA) is 144 Å². The van der Waals surface area contributed by atoms with Crippen molar-refractivity contribution in [2.75, 3.05) is 18.6 Å². The molecule has 44 heavy (non-hydrogen) atoms. The molecule has 228 valence electrons. The quantitative estimate of drug-likeness (QED) is 0.0742. The summed E-state index contributed by atoms with van der Waals surface area (Å²) in [5.41, 5.74) is 1.63. The molecule has 0 radical (unpaired) electrons. The predicted octanol–water partition coefficient (Wildman–Crippen LogP) is 4.68. The summed E-state index contributed by atoms with van der Waals surface area (Å²) in [6.07, 6.45) is 3.77. The first-order chi connectivity index (χ1) is 20.9. The summed E-state index contributed by atoms with van der Waals surface area (Å²) in [6, 6.07) is 16.3. The molecule has 14 heteroatoms. The lowest BCUT2D eigenvalue weighted by Gasteiger charge is -2.09. The van der Waals surface area contributed by atoms with Gasteiger partial charge in [0.05, 0.1) is 10.6 Å². The van der Waals surface area contributed by atoms with Crippen LogP contribution in [0, 0.1) is 5.82 Å². The first kappa shape index (κ1) is 32.1. The Labute approximate surface area is 256 Å². The summed E-state index contributed by atoms with van der Waals surface area (Å²) in [7, 11) is -3.39. The molecule has 0 bridgehead atoms. The van der Waals surface area contributed by atoms with E-state index in [0.29, 0.717) is 33.5 Å². The van der Waals surface area contributed by atoms with Gasteiger partial charge < -0.3 is 14.2 Å². The minimum Gasteiger partial charge on any atom is -0.462 e. The zero-order chi connectivity index (χ0) is 31.9. The summed E-state index contributed by atoms with van der Waals surface area (Å²) >= 11 is 1.22. The van der Waals surface area contributed by atoms with E-state index in [9.17, 15) is 27.2 Å². The molecule has 0 aliphatic rings. The van der Waals surface area contributed by atoms with Crippen LogP contribution in [-0.2, 0) is 29.0 Å². The van der Waals surface area contributed by atoms with Crippen molar-refractivity contribution in [1.82, 2.24) is 14.8 Å². The number of ether oxygens (including phenoxy) is 3. The van der Waals surface area contributed by atoms with Gasteiger partial charge in [0.15, 0.2) is 27.2 Å². The Morgan fingerprint density at radius 3 is 2.23 bits per heavy atom. The summed E-state index contributed by atoms with van der Waals surface area (Å²) < 4.78 is 54.2. The van der Waals surface area contributed by atoms with Crippen LogP contribution < -0.4 is 9.47 Å². The first-order valence-electron chi connectivity index (χ1n) is 12.9. The Bertz CT molecular complexity index is 1820. The van der Waals surface area contributed by atoms with Gasteiger partial charge in [-0.05, 0) is 72.3 Å². The molecule has 0 spiro atoms. The van der Waals surface area contributed by atoms with E-state index in [4.69, 9.17) is 14.2 Å². The minimum atomic E-state index is -3.39. The highest BCUT2D eigenvalue weighted by Gasteiger charge is 2.16. The predicted molar refractivity (Wildman–Crippen MR) is 160 cm³/mol. The van der Waals surface area contributed by atoms with Gasteiger partial charge in [0.2, 0.25) is 5.16 Å². The van der Waals surface area contributed by atoms with Gasteiger partial charge in [-0.15, -0.1) is 5.10 Å². The van der Waals surface area contributed by atoms with E-state index >= 15 is 0 Å². The standard InChI is InChI=1S/C30H26FN3O8S2/c1-19(35)41-26-14-4-21(18-27(26)42-20(2)36)5-15-28(37)40-16-17-43-30-32-29(22-6-12-25(13-7-22)44(3,38)39)34(33-30)24-10-8-23(31)9-11-24/h4-15,18H,16-17H2,1-3H3/b15-5+. The molecule has 11 nitrogen and oxygen atoms in total. The fraction of sp³-hybridized carbons (Fsp3) is 0.167. The van der Waals surface area contributed by atoms with E-state index in [2.05, 4.69) is 10.1 Å². The molecule has 0 fully saturated rings. The van der Waals surface area contributed by atoms with Crippen LogP contribution in [0.15, 0.2) is 82.9 Å². The van der Waals surface area contributed by atoms with Crippen LogP contribution in [0.5, 0.6) is 11.5 Å². The molecule has 0 saturated carbocycles. The number of benzene rings is 3. The molecule has 1 heterocycles. The van der Waals surface area contributed by atoms with Crippen molar-refractivity contribution >= 4 is 45.6 Å². The van der Waals surface area contributed by atoms with E-state index in [1.54, 1.807) is 30.3 Å².